The van der Waals surface area contributed by atoms with Crippen LogP contribution in [0, 0.1) is 11.3 Å². The van der Waals surface area contributed by atoms with Crippen LogP contribution in [0.4, 0.5) is 5.69 Å². The van der Waals surface area contributed by atoms with Gasteiger partial charge in [-0.15, -0.1) is 0 Å². The van der Waals surface area contributed by atoms with Crippen LogP contribution in [0.2, 0.25) is 0 Å². The molecule has 9 heteroatoms. The third-order valence-electron chi connectivity index (χ3n) is 2.44. The highest BCUT2D eigenvalue weighted by Crippen LogP contribution is 2.23. The van der Waals surface area contributed by atoms with Crippen molar-refractivity contribution >= 4 is 15.7 Å². The molecule has 104 valence electrons. The Morgan fingerprint density at radius 2 is 2.25 bits per heavy atom. The monoisotopic (exact) mass is 293 g/mol. The molecule has 0 radical (unpaired) electrons. The number of hydrogen-bond donors (Lipinski definition) is 2. The minimum Gasteiger partial charge on any atom is -0.279 e. The highest BCUT2D eigenvalue weighted by Gasteiger charge is 2.17. The number of nitrogens with one attached hydrogen (secondary N) is 1. The van der Waals surface area contributed by atoms with Crippen molar-refractivity contribution in [1.82, 2.24) is 9.78 Å². The summed E-state index contributed by atoms with van der Waals surface area (Å²) in [7, 11) is -2.56. The first-order valence-electron chi connectivity index (χ1n) is 5.36. The molecule has 0 aliphatic rings. The normalized spacial score (nSPS) is 11.1. The summed E-state index contributed by atoms with van der Waals surface area (Å²) in [6, 6.07) is 6.34. The molecule has 0 bridgehead atoms. The van der Waals surface area contributed by atoms with E-state index in [1.165, 1.54) is 36.3 Å². The van der Waals surface area contributed by atoms with E-state index in [1.54, 1.807) is 6.07 Å². The lowest BCUT2D eigenvalue weighted by atomic mass is 10.3. The van der Waals surface area contributed by atoms with E-state index in [0.717, 1.165) is 0 Å². The first-order valence-corrected chi connectivity index (χ1v) is 6.91. The second-order valence-electron chi connectivity index (χ2n) is 3.82. The van der Waals surface area contributed by atoms with Gasteiger partial charge in [-0.05, 0) is 18.2 Å². The zero-order valence-electron chi connectivity index (χ0n) is 10.4. The molecule has 0 saturated heterocycles. The third kappa shape index (κ3) is 2.77. The van der Waals surface area contributed by atoms with Gasteiger partial charge in [0.2, 0.25) is 10.0 Å². The fourth-order valence-corrected chi connectivity index (χ4v) is 2.37. The van der Waals surface area contributed by atoms with Gasteiger partial charge in [-0.1, -0.05) is 0 Å². The summed E-state index contributed by atoms with van der Waals surface area (Å²) in [5.74, 6) is 0. The molecule has 1 heterocycles. The maximum atomic E-state index is 11.7. The van der Waals surface area contributed by atoms with Gasteiger partial charge in [-0.25, -0.2) is 18.2 Å². The van der Waals surface area contributed by atoms with Crippen LogP contribution in [-0.2, 0) is 14.9 Å². The Hall–Kier alpha value is -2.41. The largest absolute Gasteiger partial charge is 0.279 e. The smallest absolute Gasteiger partial charge is 0.240 e. The minimum atomic E-state index is -3.96. The van der Waals surface area contributed by atoms with Crippen LogP contribution in [0.1, 0.15) is 5.56 Å². The average Bonchev–Trinajstić information content (AvgIpc) is 2.87. The number of aromatic nitrogens is 2. The number of hydrogen-bond acceptors (Lipinski definition) is 6. The first-order chi connectivity index (χ1) is 9.45. The van der Waals surface area contributed by atoms with E-state index in [-0.39, 0.29) is 10.6 Å². The number of sulfonamides is 1. The second kappa shape index (κ2) is 5.30. The van der Waals surface area contributed by atoms with Crippen LogP contribution in [0.15, 0.2) is 35.5 Å². The quantitative estimate of drug-likeness (QED) is 0.785. The van der Waals surface area contributed by atoms with Crippen molar-refractivity contribution in [3.8, 4) is 11.8 Å². The van der Waals surface area contributed by atoms with Gasteiger partial charge in [-0.2, -0.15) is 10.4 Å². The molecule has 20 heavy (non-hydrogen) atoms. The molecule has 0 aliphatic carbocycles. The van der Waals surface area contributed by atoms with Gasteiger partial charge in [0.25, 0.3) is 0 Å². The fourth-order valence-electron chi connectivity index (χ4n) is 1.62. The molecular formula is C11H11N5O3S. The van der Waals surface area contributed by atoms with Crippen molar-refractivity contribution in [2.45, 2.75) is 4.90 Å². The van der Waals surface area contributed by atoms with Crippen LogP contribution < -0.4 is 10.6 Å². The Bertz CT molecular complexity index is 776. The van der Waals surface area contributed by atoms with Crippen molar-refractivity contribution < 1.29 is 13.3 Å². The van der Waals surface area contributed by atoms with E-state index in [9.17, 15) is 8.42 Å². The predicted molar refractivity (Wildman–Crippen MR) is 70.3 cm³/mol. The van der Waals surface area contributed by atoms with Crippen molar-refractivity contribution in [3.05, 3.63) is 36.2 Å². The molecule has 3 N–H and O–H groups in total. The fraction of sp³-hybridized carbons (Fsp3) is 0.0909. The molecule has 0 saturated carbocycles. The summed E-state index contributed by atoms with van der Waals surface area (Å²) < 4.78 is 24.6. The molecule has 1 aromatic carbocycles. The van der Waals surface area contributed by atoms with E-state index >= 15 is 0 Å². The highest BCUT2D eigenvalue weighted by atomic mass is 32.2. The Morgan fingerprint density at radius 1 is 1.50 bits per heavy atom. The van der Waals surface area contributed by atoms with Gasteiger partial charge >= 0.3 is 0 Å². The number of nitrogens with zero attached hydrogens (tertiary/aromatic N) is 3. The number of primary sulfonamides is 1. The zero-order chi connectivity index (χ0) is 14.8. The van der Waals surface area contributed by atoms with Crippen molar-refractivity contribution in [2.24, 2.45) is 5.14 Å². The van der Waals surface area contributed by atoms with Crippen molar-refractivity contribution in [2.75, 3.05) is 12.6 Å². The molecule has 1 aromatic heterocycles. The van der Waals surface area contributed by atoms with E-state index < -0.39 is 10.0 Å². The van der Waals surface area contributed by atoms with Crippen LogP contribution in [0.25, 0.3) is 5.69 Å². The van der Waals surface area contributed by atoms with Gasteiger partial charge in [0.1, 0.15) is 11.0 Å². The first kappa shape index (κ1) is 14.0. The van der Waals surface area contributed by atoms with E-state index in [4.69, 9.17) is 15.2 Å². The molecule has 2 rings (SSSR count). The highest BCUT2D eigenvalue weighted by molar-refractivity contribution is 7.89. The third-order valence-corrected chi connectivity index (χ3v) is 3.38. The molecule has 8 nitrogen and oxygen atoms in total. The standard InChI is InChI=1S/C11H11N5O3S/c1-19-15-9-2-3-10(11(4-9)20(13,17)18)16-7-8(5-12)6-14-16/h2-4,6-7,15H,1H3,(H2,13,17,18). The van der Waals surface area contributed by atoms with Crippen LogP contribution in [0.3, 0.4) is 0 Å². The Kier molecular flexibility index (Phi) is 3.71. The van der Waals surface area contributed by atoms with Gasteiger partial charge in [0.05, 0.1) is 30.2 Å². The molecule has 0 fully saturated rings. The predicted octanol–water partition coefficient (Wildman–Crippen LogP) is 0.365. The SMILES string of the molecule is CONc1ccc(-n2cc(C#N)cn2)c(S(N)(=O)=O)c1. The maximum Gasteiger partial charge on any atom is 0.240 e. The van der Waals surface area contributed by atoms with Gasteiger partial charge in [-0.3, -0.25) is 10.3 Å². The minimum absolute atomic E-state index is 0.132. The Balaban J connectivity index is 2.61. The second-order valence-corrected chi connectivity index (χ2v) is 5.35. The summed E-state index contributed by atoms with van der Waals surface area (Å²) >= 11 is 0. The van der Waals surface area contributed by atoms with E-state index in [0.29, 0.717) is 11.3 Å². The van der Waals surface area contributed by atoms with Crippen molar-refractivity contribution in [3.63, 3.8) is 0 Å². The topological polar surface area (TPSA) is 123 Å². The zero-order valence-corrected chi connectivity index (χ0v) is 11.3. The molecule has 0 aliphatic heterocycles. The molecule has 0 amide bonds. The number of benzene rings is 1. The molecule has 0 atom stereocenters. The molecule has 0 spiro atoms. The lowest BCUT2D eigenvalue weighted by Gasteiger charge is -2.10. The summed E-state index contributed by atoms with van der Waals surface area (Å²) in [6.07, 6.45) is 2.74. The molecule has 2 aromatic rings. The number of rotatable bonds is 4. The summed E-state index contributed by atoms with van der Waals surface area (Å²) in [4.78, 5) is 4.58. The Labute approximate surface area is 115 Å². The average molecular weight is 293 g/mol. The summed E-state index contributed by atoms with van der Waals surface area (Å²) in [6.45, 7) is 0. The summed E-state index contributed by atoms with van der Waals surface area (Å²) in [5, 5.41) is 17.9. The maximum absolute atomic E-state index is 11.7. The number of nitriles is 1. The van der Waals surface area contributed by atoms with Gasteiger partial charge < -0.3 is 0 Å². The molecule has 0 unspecified atom stereocenters. The van der Waals surface area contributed by atoms with E-state index in [2.05, 4.69) is 10.6 Å². The van der Waals surface area contributed by atoms with Crippen molar-refractivity contribution in [1.29, 1.82) is 5.26 Å². The number of nitrogens with two attached hydrogens (primary N) is 1. The van der Waals surface area contributed by atoms with Crippen LogP contribution >= 0.6 is 0 Å². The molecular weight excluding hydrogens is 282 g/mol. The Morgan fingerprint density at radius 3 is 2.80 bits per heavy atom. The van der Waals surface area contributed by atoms with Gasteiger partial charge in [0.15, 0.2) is 0 Å². The lowest BCUT2D eigenvalue weighted by molar-refractivity contribution is 0.271. The van der Waals surface area contributed by atoms with Gasteiger partial charge in [0, 0.05) is 6.20 Å². The van der Waals surface area contributed by atoms with E-state index in [1.807, 2.05) is 6.07 Å². The van der Waals surface area contributed by atoms with Crippen LogP contribution in [-0.4, -0.2) is 25.3 Å². The lowest BCUT2D eigenvalue weighted by Crippen LogP contribution is -2.16. The summed E-state index contributed by atoms with van der Waals surface area (Å²) in [5.41, 5.74) is 3.49. The van der Waals surface area contributed by atoms with Crippen LogP contribution in [0.5, 0.6) is 0 Å². The number of anilines is 1.